The lowest BCUT2D eigenvalue weighted by atomic mass is 10.0. The zero-order valence-electron chi connectivity index (χ0n) is 9.10. The second-order valence-electron chi connectivity index (χ2n) is 3.33. The summed E-state index contributed by atoms with van der Waals surface area (Å²) in [5.74, 6) is 0.702. The third kappa shape index (κ3) is 14.7. The molecule has 0 radical (unpaired) electrons. The van der Waals surface area contributed by atoms with Gasteiger partial charge in [-0.25, -0.2) is 0 Å². The lowest BCUT2D eigenvalue weighted by Gasteiger charge is -2.06. The molecule has 84 valence electrons. The second-order valence-corrected chi connectivity index (χ2v) is 3.33. The molecule has 0 aliphatic heterocycles. The second kappa shape index (κ2) is 14.4. The normalized spacial score (nSPS) is 11.3. The number of nitrogens with two attached hydrogens (primary N) is 2. The van der Waals surface area contributed by atoms with Crippen molar-refractivity contribution in [2.75, 3.05) is 13.1 Å². The highest BCUT2D eigenvalue weighted by molar-refractivity contribution is 4.53. The maximum Gasteiger partial charge on any atom is -0.00515 e. The van der Waals surface area contributed by atoms with Gasteiger partial charge in [0.2, 0.25) is 0 Å². The van der Waals surface area contributed by atoms with Gasteiger partial charge in [-0.15, -0.1) is 0 Å². The van der Waals surface area contributed by atoms with E-state index < -0.39 is 0 Å². The van der Waals surface area contributed by atoms with Crippen molar-refractivity contribution >= 4 is 0 Å². The first-order chi connectivity index (χ1) is 5.31. The molecule has 0 fully saturated rings. The Morgan fingerprint density at radius 1 is 0.923 bits per heavy atom. The minimum Gasteiger partial charge on any atom is -0.344 e. The first-order valence-corrected chi connectivity index (χ1v) is 4.71. The Bertz CT molecular complexity index is 78.0. The summed E-state index contributed by atoms with van der Waals surface area (Å²) in [5, 5.41) is 0. The van der Waals surface area contributed by atoms with Crippen molar-refractivity contribution in [1.82, 2.24) is 12.3 Å². The zero-order chi connectivity index (χ0) is 8.53. The third-order valence-electron chi connectivity index (χ3n) is 2.05. The molecule has 0 aromatic rings. The van der Waals surface area contributed by atoms with Crippen molar-refractivity contribution in [3.05, 3.63) is 0 Å². The van der Waals surface area contributed by atoms with E-state index in [-0.39, 0.29) is 12.3 Å². The van der Waals surface area contributed by atoms with E-state index in [2.05, 4.69) is 6.92 Å². The molecule has 0 amide bonds. The van der Waals surface area contributed by atoms with Crippen LogP contribution in [-0.2, 0) is 0 Å². The van der Waals surface area contributed by atoms with Crippen molar-refractivity contribution in [2.45, 2.75) is 39.0 Å². The Hall–Kier alpha value is -0.160. The molecule has 0 aromatic carbocycles. The minimum atomic E-state index is 0. The number of rotatable bonds is 7. The first-order valence-electron chi connectivity index (χ1n) is 4.71. The Morgan fingerprint density at radius 3 is 1.92 bits per heavy atom. The molecule has 1 unspecified atom stereocenters. The maximum absolute atomic E-state index is 5.49. The number of hydrogen-bond donors (Lipinski definition) is 4. The standard InChI is InChI=1S/C9H22N2.2H3N/c1-9(8-11)6-4-2-3-5-7-10;;/h9H,2-8,10-11H2,1H3;2*1H3. The summed E-state index contributed by atoms with van der Waals surface area (Å²) < 4.78 is 0. The highest BCUT2D eigenvalue weighted by atomic mass is 14.5. The Labute approximate surface area is 82.6 Å². The molecule has 0 saturated heterocycles. The fourth-order valence-corrected chi connectivity index (χ4v) is 1.11. The van der Waals surface area contributed by atoms with E-state index in [9.17, 15) is 0 Å². The lowest BCUT2D eigenvalue weighted by Crippen LogP contribution is -2.10. The molecule has 1 atom stereocenters. The van der Waals surface area contributed by atoms with Crippen LogP contribution < -0.4 is 23.8 Å². The summed E-state index contributed by atoms with van der Waals surface area (Å²) in [4.78, 5) is 0. The molecule has 0 saturated carbocycles. The Balaban J connectivity index is -0.000000500. The van der Waals surface area contributed by atoms with E-state index in [1.807, 2.05) is 0 Å². The van der Waals surface area contributed by atoms with Crippen molar-refractivity contribution in [3.8, 4) is 0 Å². The molecular weight excluding hydrogens is 164 g/mol. The fraction of sp³-hybridized carbons (Fsp3) is 1.00. The quantitative estimate of drug-likeness (QED) is 0.459. The summed E-state index contributed by atoms with van der Waals surface area (Å²) in [6, 6.07) is 0. The molecule has 0 aliphatic rings. The van der Waals surface area contributed by atoms with E-state index in [4.69, 9.17) is 11.5 Å². The van der Waals surface area contributed by atoms with Gasteiger partial charge in [-0.05, 0) is 31.8 Å². The van der Waals surface area contributed by atoms with Crippen LogP contribution in [0.4, 0.5) is 0 Å². The predicted octanol–water partition coefficient (Wildman–Crippen LogP) is 1.81. The van der Waals surface area contributed by atoms with Gasteiger partial charge in [0, 0.05) is 0 Å². The number of hydrogen-bond acceptors (Lipinski definition) is 4. The van der Waals surface area contributed by atoms with Crippen molar-refractivity contribution < 1.29 is 0 Å². The van der Waals surface area contributed by atoms with Crippen molar-refractivity contribution in [3.63, 3.8) is 0 Å². The van der Waals surface area contributed by atoms with Gasteiger partial charge in [0.05, 0.1) is 0 Å². The van der Waals surface area contributed by atoms with Crippen LogP contribution in [-0.4, -0.2) is 13.1 Å². The molecule has 4 heteroatoms. The van der Waals surface area contributed by atoms with Crippen LogP contribution in [0.3, 0.4) is 0 Å². The largest absolute Gasteiger partial charge is 0.344 e. The predicted molar refractivity (Wildman–Crippen MR) is 60.4 cm³/mol. The minimum absolute atomic E-state index is 0. The summed E-state index contributed by atoms with van der Waals surface area (Å²) in [7, 11) is 0. The maximum atomic E-state index is 5.49. The molecule has 0 rings (SSSR count). The molecule has 0 heterocycles. The van der Waals surface area contributed by atoms with Gasteiger partial charge in [-0.1, -0.05) is 26.2 Å². The highest BCUT2D eigenvalue weighted by Crippen LogP contribution is 2.08. The van der Waals surface area contributed by atoms with Gasteiger partial charge in [0.25, 0.3) is 0 Å². The average molecular weight is 192 g/mol. The molecule has 4 nitrogen and oxygen atoms in total. The molecule has 10 N–H and O–H groups in total. The summed E-state index contributed by atoms with van der Waals surface area (Å²) in [5.41, 5.74) is 10.9. The van der Waals surface area contributed by atoms with Gasteiger partial charge < -0.3 is 23.8 Å². The van der Waals surface area contributed by atoms with Crippen LogP contribution >= 0.6 is 0 Å². The number of unbranched alkanes of at least 4 members (excludes halogenated alkanes) is 3. The Morgan fingerprint density at radius 2 is 1.46 bits per heavy atom. The summed E-state index contributed by atoms with van der Waals surface area (Å²) in [6.45, 7) is 3.88. The molecule has 0 spiro atoms. The van der Waals surface area contributed by atoms with E-state index in [1.165, 1.54) is 32.1 Å². The summed E-state index contributed by atoms with van der Waals surface area (Å²) in [6.07, 6.45) is 6.38. The van der Waals surface area contributed by atoms with E-state index in [0.717, 1.165) is 13.1 Å². The lowest BCUT2D eigenvalue weighted by molar-refractivity contribution is 0.496. The van der Waals surface area contributed by atoms with Crippen molar-refractivity contribution in [2.24, 2.45) is 17.4 Å². The van der Waals surface area contributed by atoms with Gasteiger partial charge in [0.15, 0.2) is 0 Å². The molecule has 13 heavy (non-hydrogen) atoms. The van der Waals surface area contributed by atoms with Crippen molar-refractivity contribution in [1.29, 1.82) is 0 Å². The van der Waals surface area contributed by atoms with Crippen LogP contribution in [0.1, 0.15) is 39.0 Å². The van der Waals surface area contributed by atoms with Crippen LogP contribution in [0.5, 0.6) is 0 Å². The molecule has 0 aliphatic carbocycles. The molecule has 0 aromatic heterocycles. The average Bonchev–Trinajstić information content (AvgIpc) is 2.04. The van der Waals surface area contributed by atoms with Gasteiger partial charge >= 0.3 is 0 Å². The van der Waals surface area contributed by atoms with Crippen LogP contribution in [0.2, 0.25) is 0 Å². The molecule has 0 bridgehead atoms. The van der Waals surface area contributed by atoms with E-state index in [0.29, 0.717) is 5.92 Å². The molecular formula is C9H28N4. The monoisotopic (exact) mass is 192 g/mol. The van der Waals surface area contributed by atoms with E-state index >= 15 is 0 Å². The van der Waals surface area contributed by atoms with Gasteiger partial charge in [0.1, 0.15) is 0 Å². The zero-order valence-corrected chi connectivity index (χ0v) is 9.10. The fourth-order valence-electron chi connectivity index (χ4n) is 1.11. The summed E-state index contributed by atoms with van der Waals surface area (Å²) >= 11 is 0. The first kappa shape index (κ1) is 18.6. The van der Waals surface area contributed by atoms with E-state index in [1.54, 1.807) is 0 Å². The topological polar surface area (TPSA) is 122 Å². The van der Waals surface area contributed by atoms with Gasteiger partial charge in [-0.3, -0.25) is 0 Å². The van der Waals surface area contributed by atoms with Crippen LogP contribution in [0.15, 0.2) is 0 Å². The highest BCUT2D eigenvalue weighted by Gasteiger charge is 1.97. The van der Waals surface area contributed by atoms with Crippen LogP contribution in [0.25, 0.3) is 0 Å². The Kier molecular flexibility index (Phi) is 20.5. The SMILES string of the molecule is CC(CN)CCCCCCN.N.N. The smallest absolute Gasteiger partial charge is 0.00515 e. The third-order valence-corrected chi connectivity index (χ3v) is 2.05. The van der Waals surface area contributed by atoms with Crippen LogP contribution in [0, 0.1) is 5.92 Å². The van der Waals surface area contributed by atoms with Gasteiger partial charge in [-0.2, -0.15) is 0 Å².